The number of esters is 1. The lowest BCUT2D eigenvalue weighted by atomic mass is 10.2. The predicted octanol–water partition coefficient (Wildman–Crippen LogP) is 3.07. The number of furan rings is 1. The van der Waals surface area contributed by atoms with E-state index < -0.39 is 30.1 Å². The minimum atomic E-state index is -0.704. The molecule has 0 unspecified atom stereocenters. The number of rotatable bonds is 7. The number of hydrogen-bond acceptors (Lipinski definition) is 5. The first-order valence-corrected chi connectivity index (χ1v) is 8.00. The monoisotopic (exact) mass is 355 g/mol. The summed E-state index contributed by atoms with van der Waals surface area (Å²) in [4.78, 5) is 23.3. The second-order valence-electron chi connectivity index (χ2n) is 4.83. The number of carbonyl (C=O) groups excluding carboxylic acids is 2. The van der Waals surface area contributed by atoms with Gasteiger partial charge in [0.15, 0.2) is 6.61 Å². The topological polar surface area (TPSA) is 68.5 Å². The lowest BCUT2D eigenvalue weighted by Crippen LogP contribution is -2.31. The highest BCUT2D eigenvalue weighted by Crippen LogP contribution is 2.22. The molecule has 0 aliphatic carbocycles. The van der Waals surface area contributed by atoms with Gasteiger partial charge in [0.25, 0.3) is 5.91 Å². The van der Waals surface area contributed by atoms with E-state index in [4.69, 9.17) is 9.15 Å². The number of thioether (sulfide) groups is 1. The fraction of sp³-hybridized carbons (Fsp3) is 0.250. The zero-order chi connectivity index (χ0) is 17.5. The van der Waals surface area contributed by atoms with Gasteiger partial charge in [-0.15, -0.1) is 11.8 Å². The molecule has 1 aromatic heterocycles. The van der Waals surface area contributed by atoms with E-state index in [9.17, 15) is 18.4 Å². The molecule has 1 aromatic carbocycles. The van der Waals surface area contributed by atoms with Gasteiger partial charge in [-0.05, 0) is 37.3 Å². The van der Waals surface area contributed by atoms with Gasteiger partial charge in [-0.25, -0.2) is 8.78 Å². The molecule has 128 valence electrons. The molecule has 1 atom stereocenters. The van der Waals surface area contributed by atoms with Crippen LogP contribution in [0.25, 0.3) is 0 Å². The summed E-state index contributed by atoms with van der Waals surface area (Å²) in [6, 6.07) is 6.00. The molecule has 0 saturated carbocycles. The van der Waals surface area contributed by atoms with Crippen molar-refractivity contribution < 1.29 is 27.5 Å². The standard InChI is InChI=1S/C16H15F2NO4S/c1-10(13-3-2-6-22-13)19-15(20)8-23-16(21)9-24-14-7-11(17)4-5-12(14)18/h2-7,10H,8-9H2,1H3,(H,19,20)/t10-/m0/s1. The van der Waals surface area contributed by atoms with E-state index in [0.29, 0.717) is 5.76 Å². The van der Waals surface area contributed by atoms with Gasteiger partial charge in [0, 0.05) is 4.90 Å². The number of benzene rings is 1. The van der Waals surface area contributed by atoms with Crippen LogP contribution in [0.4, 0.5) is 8.78 Å². The number of hydrogen-bond donors (Lipinski definition) is 1. The van der Waals surface area contributed by atoms with Crippen LogP contribution in [0.1, 0.15) is 18.7 Å². The van der Waals surface area contributed by atoms with Crippen LogP contribution in [0.3, 0.4) is 0 Å². The first kappa shape index (κ1) is 18.0. The first-order chi connectivity index (χ1) is 11.5. The summed E-state index contributed by atoms with van der Waals surface area (Å²) in [7, 11) is 0. The molecule has 1 N–H and O–H groups in total. The van der Waals surface area contributed by atoms with Gasteiger partial charge in [0.05, 0.1) is 18.1 Å². The zero-order valence-corrected chi connectivity index (χ0v) is 13.6. The quantitative estimate of drug-likeness (QED) is 0.611. The number of carbonyl (C=O) groups is 2. The average molecular weight is 355 g/mol. The molecule has 1 amide bonds. The van der Waals surface area contributed by atoms with Crippen molar-refractivity contribution in [3.8, 4) is 0 Å². The van der Waals surface area contributed by atoms with E-state index in [0.717, 1.165) is 30.0 Å². The van der Waals surface area contributed by atoms with Crippen molar-refractivity contribution in [2.75, 3.05) is 12.4 Å². The summed E-state index contributed by atoms with van der Waals surface area (Å²) in [6.45, 7) is 1.26. The summed E-state index contributed by atoms with van der Waals surface area (Å²) >= 11 is 0.797. The van der Waals surface area contributed by atoms with E-state index in [1.807, 2.05) is 0 Å². The Labute approximate surface area is 141 Å². The van der Waals surface area contributed by atoms with Crippen molar-refractivity contribution in [2.45, 2.75) is 17.9 Å². The molecule has 2 rings (SSSR count). The molecule has 2 aromatic rings. The molecule has 0 aliphatic rings. The van der Waals surface area contributed by atoms with E-state index in [2.05, 4.69) is 5.32 Å². The highest BCUT2D eigenvalue weighted by Gasteiger charge is 2.14. The lowest BCUT2D eigenvalue weighted by molar-refractivity contribution is -0.146. The fourth-order valence-electron chi connectivity index (χ4n) is 1.80. The van der Waals surface area contributed by atoms with E-state index >= 15 is 0 Å². The highest BCUT2D eigenvalue weighted by molar-refractivity contribution is 8.00. The molecule has 24 heavy (non-hydrogen) atoms. The Morgan fingerprint density at radius 1 is 1.33 bits per heavy atom. The Morgan fingerprint density at radius 2 is 2.12 bits per heavy atom. The van der Waals surface area contributed by atoms with E-state index in [1.54, 1.807) is 19.1 Å². The number of nitrogens with one attached hydrogen (secondary N) is 1. The minimum Gasteiger partial charge on any atom is -0.467 e. The molecule has 0 saturated heterocycles. The third kappa shape index (κ3) is 5.38. The number of ether oxygens (including phenoxy) is 1. The third-order valence-electron chi connectivity index (χ3n) is 2.95. The summed E-state index contributed by atoms with van der Waals surface area (Å²) in [6.07, 6.45) is 1.49. The number of amides is 1. The summed E-state index contributed by atoms with van der Waals surface area (Å²) in [5.41, 5.74) is 0. The van der Waals surface area contributed by atoms with Crippen LogP contribution in [-0.2, 0) is 14.3 Å². The fourth-order valence-corrected chi connectivity index (χ4v) is 2.56. The normalized spacial score (nSPS) is 11.8. The van der Waals surface area contributed by atoms with Crippen molar-refractivity contribution in [1.29, 1.82) is 0 Å². The van der Waals surface area contributed by atoms with E-state index in [1.165, 1.54) is 6.26 Å². The highest BCUT2D eigenvalue weighted by atomic mass is 32.2. The van der Waals surface area contributed by atoms with Crippen LogP contribution >= 0.6 is 11.8 Å². The van der Waals surface area contributed by atoms with Crippen molar-refractivity contribution in [1.82, 2.24) is 5.32 Å². The summed E-state index contributed by atoms with van der Waals surface area (Å²) in [5, 5.41) is 2.60. The third-order valence-corrected chi connectivity index (χ3v) is 3.95. The van der Waals surface area contributed by atoms with Crippen LogP contribution < -0.4 is 5.32 Å². The van der Waals surface area contributed by atoms with Crippen LogP contribution in [0.2, 0.25) is 0 Å². The molecular formula is C16H15F2NO4S. The van der Waals surface area contributed by atoms with Gasteiger partial charge >= 0.3 is 5.97 Å². The maximum atomic E-state index is 13.4. The zero-order valence-electron chi connectivity index (χ0n) is 12.8. The van der Waals surface area contributed by atoms with Gasteiger partial charge in [-0.3, -0.25) is 9.59 Å². The largest absolute Gasteiger partial charge is 0.467 e. The summed E-state index contributed by atoms with van der Waals surface area (Å²) in [5.74, 6) is -2.08. The second-order valence-corrected chi connectivity index (χ2v) is 5.85. The van der Waals surface area contributed by atoms with Crippen LogP contribution in [0.5, 0.6) is 0 Å². The lowest BCUT2D eigenvalue weighted by Gasteiger charge is -2.11. The molecule has 5 nitrogen and oxygen atoms in total. The van der Waals surface area contributed by atoms with Crippen LogP contribution in [-0.4, -0.2) is 24.2 Å². The molecular weight excluding hydrogens is 340 g/mol. The SMILES string of the molecule is C[C@H](NC(=O)COC(=O)CSc1cc(F)ccc1F)c1ccco1. The maximum absolute atomic E-state index is 13.4. The van der Waals surface area contributed by atoms with Gasteiger partial charge < -0.3 is 14.5 Å². The van der Waals surface area contributed by atoms with Gasteiger partial charge in [-0.1, -0.05) is 0 Å². The van der Waals surface area contributed by atoms with Crippen LogP contribution in [0.15, 0.2) is 45.9 Å². The predicted molar refractivity (Wildman–Crippen MR) is 83.3 cm³/mol. The van der Waals surface area contributed by atoms with Crippen molar-refractivity contribution in [2.24, 2.45) is 0 Å². The summed E-state index contributed by atoms with van der Waals surface area (Å²) < 4.78 is 36.3. The number of halogens is 2. The Bertz CT molecular complexity index is 706. The second kappa shape index (κ2) is 8.49. The first-order valence-electron chi connectivity index (χ1n) is 7.02. The minimum absolute atomic E-state index is 0.00263. The molecule has 1 heterocycles. The van der Waals surface area contributed by atoms with E-state index in [-0.39, 0.29) is 16.7 Å². The Kier molecular flexibility index (Phi) is 6.36. The van der Waals surface area contributed by atoms with Gasteiger partial charge in [-0.2, -0.15) is 0 Å². The van der Waals surface area contributed by atoms with Crippen molar-refractivity contribution >= 4 is 23.6 Å². The van der Waals surface area contributed by atoms with Crippen molar-refractivity contribution in [3.05, 3.63) is 54.0 Å². The molecule has 0 bridgehead atoms. The molecule has 8 heteroatoms. The molecule has 0 spiro atoms. The Morgan fingerprint density at radius 3 is 2.83 bits per heavy atom. The molecule has 0 aliphatic heterocycles. The molecule has 0 radical (unpaired) electrons. The van der Waals surface area contributed by atoms with Gasteiger partial charge in [0.2, 0.25) is 0 Å². The van der Waals surface area contributed by atoms with Gasteiger partial charge in [0.1, 0.15) is 17.4 Å². The Balaban J connectivity index is 1.72. The average Bonchev–Trinajstić information content (AvgIpc) is 3.08. The van der Waals surface area contributed by atoms with Crippen LogP contribution in [0, 0.1) is 11.6 Å². The van der Waals surface area contributed by atoms with Crippen molar-refractivity contribution in [3.63, 3.8) is 0 Å². The maximum Gasteiger partial charge on any atom is 0.316 e. The smallest absolute Gasteiger partial charge is 0.316 e. The molecule has 0 fully saturated rings. The Hall–Kier alpha value is -2.35.